The van der Waals surface area contributed by atoms with Crippen molar-refractivity contribution in [3.63, 3.8) is 0 Å². The Balaban J connectivity index is 1.19. The van der Waals surface area contributed by atoms with Gasteiger partial charge in [0.05, 0.1) is 12.2 Å². The van der Waals surface area contributed by atoms with Gasteiger partial charge < -0.3 is 15.0 Å². The Bertz CT molecular complexity index is 1130. The molecule has 178 valence electrons. The monoisotopic (exact) mass is 480 g/mol. The maximum absolute atomic E-state index is 13.3. The molecule has 3 aliphatic rings. The normalized spacial score (nSPS) is 22.2. The molecule has 9 heteroatoms. The fourth-order valence-corrected chi connectivity index (χ4v) is 5.68. The molecule has 2 saturated heterocycles. The SMILES string of the molecule is C[C@@]1(CSc2ccccc2C(=O)N2CCN(Cc3ccc4c(c3)CCO4)CC2)NC(=O)NC1=O. The third-order valence-corrected chi connectivity index (χ3v) is 7.96. The molecule has 3 heterocycles. The minimum atomic E-state index is -0.993. The van der Waals surface area contributed by atoms with Gasteiger partial charge in [0.25, 0.3) is 11.8 Å². The van der Waals surface area contributed by atoms with Crippen LogP contribution in [0.3, 0.4) is 0 Å². The zero-order valence-electron chi connectivity index (χ0n) is 19.1. The summed E-state index contributed by atoms with van der Waals surface area (Å²) < 4.78 is 5.60. The van der Waals surface area contributed by atoms with Crippen LogP contribution in [0.2, 0.25) is 0 Å². The molecule has 5 rings (SSSR count). The summed E-state index contributed by atoms with van der Waals surface area (Å²) in [6, 6.07) is 13.4. The Hall–Kier alpha value is -3.04. The molecule has 0 saturated carbocycles. The van der Waals surface area contributed by atoms with Crippen molar-refractivity contribution in [2.45, 2.75) is 30.3 Å². The molecule has 0 unspecified atom stereocenters. The van der Waals surface area contributed by atoms with Crippen molar-refractivity contribution in [2.24, 2.45) is 0 Å². The summed E-state index contributed by atoms with van der Waals surface area (Å²) in [6.07, 6.45) is 0.971. The van der Waals surface area contributed by atoms with Gasteiger partial charge in [-0.3, -0.25) is 19.8 Å². The summed E-state index contributed by atoms with van der Waals surface area (Å²) in [4.78, 5) is 42.1. The van der Waals surface area contributed by atoms with E-state index < -0.39 is 11.6 Å². The molecule has 1 atom stereocenters. The third kappa shape index (κ3) is 4.63. The van der Waals surface area contributed by atoms with Crippen LogP contribution in [0, 0.1) is 0 Å². The molecule has 2 aromatic rings. The number of carbonyl (C=O) groups is 3. The van der Waals surface area contributed by atoms with Gasteiger partial charge in [-0.05, 0) is 36.2 Å². The number of imide groups is 1. The lowest BCUT2D eigenvalue weighted by molar-refractivity contribution is -0.122. The highest BCUT2D eigenvalue weighted by Crippen LogP contribution is 2.29. The Morgan fingerprint density at radius 2 is 1.91 bits per heavy atom. The molecule has 34 heavy (non-hydrogen) atoms. The van der Waals surface area contributed by atoms with Crippen molar-refractivity contribution >= 4 is 29.6 Å². The standard InChI is InChI=1S/C25H28N4O4S/c1-25(23(31)26-24(32)27-25)16-34-21-5-3-2-4-19(21)22(30)29-11-9-28(10-12-29)15-17-6-7-20-18(14-17)8-13-33-20/h2-7,14H,8-13,15-16H2,1H3,(H2,26,27,31,32)/t25-/m0/s1. The summed E-state index contributed by atoms with van der Waals surface area (Å²) in [5, 5.41) is 4.95. The number of hydrogen-bond acceptors (Lipinski definition) is 6. The van der Waals surface area contributed by atoms with Crippen LogP contribution >= 0.6 is 11.8 Å². The van der Waals surface area contributed by atoms with Crippen LogP contribution in [0.4, 0.5) is 4.79 Å². The quantitative estimate of drug-likeness (QED) is 0.487. The van der Waals surface area contributed by atoms with Crippen LogP contribution < -0.4 is 15.4 Å². The summed E-state index contributed by atoms with van der Waals surface area (Å²) in [6.45, 7) is 6.30. The molecule has 2 aromatic carbocycles. The van der Waals surface area contributed by atoms with Gasteiger partial charge in [0.15, 0.2) is 0 Å². The van der Waals surface area contributed by atoms with E-state index in [0.29, 0.717) is 24.4 Å². The van der Waals surface area contributed by atoms with Crippen LogP contribution in [0.25, 0.3) is 0 Å². The van der Waals surface area contributed by atoms with Gasteiger partial charge in [0.2, 0.25) is 0 Å². The topological polar surface area (TPSA) is 91.0 Å². The van der Waals surface area contributed by atoms with Crippen LogP contribution in [-0.2, 0) is 17.8 Å². The minimum Gasteiger partial charge on any atom is -0.493 e. The summed E-state index contributed by atoms with van der Waals surface area (Å²) in [7, 11) is 0. The highest BCUT2D eigenvalue weighted by Gasteiger charge is 2.42. The number of amides is 4. The van der Waals surface area contributed by atoms with Gasteiger partial charge >= 0.3 is 6.03 Å². The van der Waals surface area contributed by atoms with Gasteiger partial charge in [-0.25, -0.2) is 4.79 Å². The second-order valence-electron chi connectivity index (χ2n) is 9.13. The first-order valence-electron chi connectivity index (χ1n) is 11.5. The first kappa shape index (κ1) is 22.7. The van der Waals surface area contributed by atoms with Crippen molar-refractivity contribution in [2.75, 3.05) is 38.5 Å². The lowest BCUT2D eigenvalue weighted by Gasteiger charge is -2.35. The first-order valence-corrected chi connectivity index (χ1v) is 12.5. The minimum absolute atomic E-state index is 0.00231. The average Bonchev–Trinajstić information content (AvgIpc) is 3.40. The van der Waals surface area contributed by atoms with E-state index >= 15 is 0 Å². The fraction of sp³-hybridized carbons (Fsp3) is 0.400. The molecular formula is C25H28N4O4S. The smallest absolute Gasteiger partial charge is 0.322 e. The first-order chi connectivity index (χ1) is 16.4. The maximum atomic E-state index is 13.3. The Labute approximate surface area is 203 Å². The number of piperazine rings is 1. The number of hydrogen-bond donors (Lipinski definition) is 2. The Morgan fingerprint density at radius 1 is 1.12 bits per heavy atom. The van der Waals surface area contributed by atoms with Crippen molar-refractivity contribution < 1.29 is 19.1 Å². The van der Waals surface area contributed by atoms with Crippen LogP contribution in [0.5, 0.6) is 5.75 Å². The van der Waals surface area contributed by atoms with Crippen LogP contribution in [-0.4, -0.2) is 71.7 Å². The second kappa shape index (κ2) is 9.31. The van der Waals surface area contributed by atoms with E-state index in [1.165, 1.54) is 22.9 Å². The number of nitrogens with one attached hydrogen (secondary N) is 2. The van der Waals surface area contributed by atoms with E-state index in [0.717, 1.165) is 43.3 Å². The average molecular weight is 481 g/mol. The number of ether oxygens (including phenoxy) is 1. The van der Waals surface area contributed by atoms with E-state index in [1.807, 2.05) is 29.2 Å². The second-order valence-corrected chi connectivity index (χ2v) is 10.2. The van der Waals surface area contributed by atoms with Gasteiger partial charge in [-0.1, -0.05) is 24.3 Å². The molecule has 0 aliphatic carbocycles. The molecular weight excluding hydrogens is 452 g/mol. The lowest BCUT2D eigenvalue weighted by Crippen LogP contribution is -2.48. The van der Waals surface area contributed by atoms with Gasteiger partial charge in [-0.15, -0.1) is 11.8 Å². The van der Waals surface area contributed by atoms with Crippen molar-refractivity contribution in [1.82, 2.24) is 20.4 Å². The van der Waals surface area contributed by atoms with Gasteiger partial charge in [-0.2, -0.15) is 0 Å². The lowest BCUT2D eigenvalue weighted by atomic mass is 10.1. The summed E-state index contributed by atoms with van der Waals surface area (Å²) in [5.74, 6) is 0.998. The molecule has 8 nitrogen and oxygen atoms in total. The summed E-state index contributed by atoms with van der Waals surface area (Å²) >= 11 is 1.41. The van der Waals surface area contributed by atoms with Gasteiger partial charge in [0, 0.05) is 49.8 Å². The Kier molecular flexibility index (Phi) is 6.22. The molecule has 4 amide bonds. The molecule has 3 aliphatic heterocycles. The molecule has 2 N–H and O–H groups in total. The summed E-state index contributed by atoms with van der Waals surface area (Å²) in [5.41, 5.74) is 2.20. The molecule has 0 spiro atoms. The van der Waals surface area contributed by atoms with E-state index in [-0.39, 0.29) is 11.8 Å². The molecule has 0 aromatic heterocycles. The number of nitrogens with zero attached hydrogens (tertiary/aromatic N) is 2. The van der Waals surface area contributed by atoms with Crippen LogP contribution in [0.1, 0.15) is 28.4 Å². The number of fused-ring (bicyclic) bond motifs is 1. The number of rotatable bonds is 6. The van der Waals surface area contributed by atoms with Crippen molar-refractivity contribution in [3.8, 4) is 5.75 Å². The largest absolute Gasteiger partial charge is 0.493 e. The van der Waals surface area contributed by atoms with Gasteiger partial charge in [0.1, 0.15) is 11.3 Å². The zero-order valence-corrected chi connectivity index (χ0v) is 20.0. The molecule has 0 radical (unpaired) electrons. The van der Waals surface area contributed by atoms with E-state index in [4.69, 9.17) is 4.74 Å². The van der Waals surface area contributed by atoms with Crippen molar-refractivity contribution in [1.29, 1.82) is 0 Å². The predicted octanol–water partition coefficient (Wildman–Crippen LogP) is 2.27. The maximum Gasteiger partial charge on any atom is 0.322 e. The van der Waals surface area contributed by atoms with E-state index in [2.05, 4.69) is 33.7 Å². The third-order valence-electron chi connectivity index (χ3n) is 6.57. The van der Waals surface area contributed by atoms with E-state index in [9.17, 15) is 14.4 Å². The zero-order chi connectivity index (χ0) is 23.7. The number of carbonyl (C=O) groups excluding carboxylic acids is 3. The van der Waals surface area contributed by atoms with Crippen molar-refractivity contribution in [3.05, 3.63) is 59.2 Å². The number of urea groups is 1. The highest BCUT2D eigenvalue weighted by molar-refractivity contribution is 7.99. The highest BCUT2D eigenvalue weighted by atomic mass is 32.2. The van der Waals surface area contributed by atoms with E-state index in [1.54, 1.807) is 6.92 Å². The fourth-order valence-electron chi connectivity index (χ4n) is 4.55. The number of thioether (sulfide) groups is 1. The Morgan fingerprint density at radius 3 is 2.68 bits per heavy atom. The van der Waals surface area contributed by atoms with Crippen LogP contribution in [0.15, 0.2) is 47.4 Å². The number of benzene rings is 2. The molecule has 2 fully saturated rings. The molecule has 0 bridgehead atoms. The predicted molar refractivity (Wildman–Crippen MR) is 129 cm³/mol.